The highest BCUT2D eigenvalue weighted by molar-refractivity contribution is 9.11. The van der Waals surface area contributed by atoms with Crippen molar-refractivity contribution in [3.05, 3.63) is 355 Å². The van der Waals surface area contributed by atoms with Crippen LogP contribution in [0.1, 0.15) is 33.4 Å². The average Bonchev–Trinajstić information content (AvgIpc) is 0.966. The monoisotopic (exact) mass is 2380 g/mol. The molecule has 0 aliphatic rings. The van der Waals surface area contributed by atoms with E-state index >= 15 is 0 Å². The summed E-state index contributed by atoms with van der Waals surface area (Å²) >= 11 is 22.8. The fourth-order valence-corrected chi connectivity index (χ4v) is 11.0. The zero-order valence-electron chi connectivity index (χ0n) is 69.3. The van der Waals surface area contributed by atoms with Gasteiger partial charge < -0.3 is 63.7 Å². The van der Waals surface area contributed by atoms with Crippen LogP contribution in [0.4, 0.5) is 113 Å². The van der Waals surface area contributed by atoms with Gasteiger partial charge in [-0.3, -0.25) is 40.5 Å². The number of benzene rings is 11. The fraction of sp³-hybridized carbons (Fsp3) is 0.146. The molecule has 0 spiro atoms. The van der Waals surface area contributed by atoms with Gasteiger partial charge in [0.2, 0.25) is 23.3 Å². The number of phenols is 2. The zero-order chi connectivity index (χ0) is 105. The van der Waals surface area contributed by atoms with Gasteiger partial charge in [0.1, 0.15) is 82.9 Å². The van der Waals surface area contributed by atoms with E-state index in [1.54, 1.807) is 60.7 Å². The number of nitro groups is 4. The van der Waals surface area contributed by atoms with Crippen LogP contribution in [0.5, 0.6) is 40.2 Å². The molecule has 0 saturated carbocycles. The van der Waals surface area contributed by atoms with Crippen LogP contribution in [0.2, 0.25) is 0 Å². The maximum absolute atomic E-state index is 13.4. The number of phenolic OH excluding ortho intramolecular Hbond substituents is 2. The Morgan fingerprint density at radius 2 is 0.693 bits per heavy atom. The molecule has 0 aromatic heterocycles. The van der Waals surface area contributed by atoms with Gasteiger partial charge in [0.05, 0.1) is 100 Å². The second kappa shape index (κ2) is 60.7. The Morgan fingerprint density at radius 3 is 1.01 bits per heavy atom. The number of carbonyl (C=O) groups excluding carboxylic acids is 4. The normalized spacial score (nSPS) is 10.3. The van der Waals surface area contributed by atoms with E-state index in [1.165, 1.54) is 56.2 Å². The molecule has 11 aromatic rings. The molecule has 0 atom stereocenters. The molecule has 5 N–H and O–H groups in total. The van der Waals surface area contributed by atoms with Crippen LogP contribution in [0, 0.1) is 81.2 Å². The Hall–Kier alpha value is -12.7. The minimum Gasteiger partial charge on any atom is -0.507 e. The van der Waals surface area contributed by atoms with Crippen molar-refractivity contribution in [1.82, 2.24) is 0 Å². The quantitative estimate of drug-likeness (QED) is 0.00713. The first-order valence-corrected chi connectivity index (χ1v) is 42.4. The van der Waals surface area contributed by atoms with Gasteiger partial charge in [-0.2, -0.15) is 61.1 Å². The third-order valence-electron chi connectivity index (χ3n) is 14.7. The van der Waals surface area contributed by atoms with Crippen LogP contribution in [0.15, 0.2) is 241 Å². The summed E-state index contributed by atoms with van der Waals surface area (Å²) < 4.78 is 263. The number of anilines is 1. The van der Waals surface area contributed by atoms with Crippen molar-refractivity contribution in [2.75, 3.05) is 41.3 Å². The zero-order valence-corrected chi connectivity index (χ0v) is 80.4. The number of rotatable bonds is 18. The van der Waals surface area contributed by atoms with Crippen molar-refractivity contribution in [3.8, 4) is 40.2 Å². The lowest BCUT2D eigenvalue weighted by Crippen LogP contribution is -2.36. The number of nitrogens with two attached hydrogens (primary N) is 1. The molecule has 740 valence electrons. The minimum atomic E-state index is -6.22. The lowest BCUT2D eigenvalue weighted by Gasteiger charge is -2.15. The van der Waals surface area contributed by atoms with Gasteiger partial charge >= 0.3 is 74.3 Å². The molecule has 0 fully saturated rings. The van der Waals surface area contributed by atoms with Gasteiger partial charge in [0.25, 0.3) is 0 Å². The molecule has 0 aliphatic heterocycles. The van der Waals surface area contributed by atoms with Gasteiger partial charge in [0, 0.05) is 30.1 Å². The second-order valence-corrected chi connectivity index (χ2v) is 30.6. The first kappa shape index (κ1) is 122. The number of carbonyl (C=O) groups is 4. The number of nitrogen functional groups attached to an aromatic ring is 1. The summed E-state index contributed by atoms with van der Waals surface area (Å²) in [6.07, 6.45) is -11.5. The molecule has 0 amide bonds. The number of nitro benzene ring substituents is 4. The summed E-state index contributed by atoms with van der Waals surface area (Å²) in [7, 11) is -1.22. The largest absolute Gasteiger partial charge is 0.513 e. The Kier molecular flexibility index (Phi) is 54.1. The smallest absolute Gasteiger partial charge is 0.507 e. The predicted octanol–water partition coefficient (Wildman–Crippen LogP) is 25.5. The molecule has 0 saturated heterocycles. The summed E-state index contributed by atoms with van der Waals surface area (Å²) in [6.45, 7) is -0.0378. The van der Waals surface area contributed by atoms with Crippen molar-refractivity contribution >= 4 is 170 Å². The standard InChI is InChI=1S/C14H9F4NO3.C14H11F4NO.C13H9BrFNO3.C8H5BrFNO5.C8H6BrFO3.C7H7Br.C6H3BrFNO3.C6H4BrFO.C3H3F3O4S.C2H3ClO2.CH4O/c15-11-6-10(14(16,17)18)13(7-12(11)19(20)21)22-8-9-4-2-1-3-5-9;15-11-6-10(14(16,17)18)13(7-12(11)19)20-8-9-4-2-1-3-5-9;14-10-6-11(15)12(16(17)18)7-13(10)19-8-9-4-2-1-3-5-9;1-15-8(12)16-7-3-6(11(13)14)5(10)2-4(7)9;1-12-8(11)13-7-3-2-5(10)4-6(7)9;8-6-7-4-2-1-3-5-7;7-3-1-4(8)5(9(11)12)2-6(3)10;7-5-3-4(8)1-2-6(5)9;1-10-2(7)3(4,5)11(6,8)9;1-5-2(3)4;1-2/h1-7H,8H2;1-7H,8,19H2;1-7H,8H2;2-3H,1H3;2-4H,1H3;1-5H,6H2;1-2,10H;1-3,9H;1H3;1H3;2H,1H3. The first-order chi connectivity index (χ1) is 64.0. The molecule has 0 heterocycles. The van der Waals surface area contributed by atoms with Crippen molar-refractivity contribution in [3.63, 3.8) is 0 Å². The number of halogens is 23. The van der Waals surface area contributed by atoms with Gasteiger partial charge in [-0.05, 0) is 169 Å². The summed E-state index contributed by atoms with van der Waals surface area (Å²) in [6, 6.07) is 51.0. The Labute approximate surface area is 818 Å². The summed E-state index contributed by atoms with van der Waals surface area (Å²) in [4.78, 5) is 78.8. The molecular weight excluding hydrogens is 2320 g/mol. The second-order valence-electron chi connectivity index (χ2n) is 24.0. The van der Waals surface area contributed by atoms with Crippen molar-refractivity contribution < 1.29 is 175 Å². The van der Waals surface area contributed by atoms with Gasteiger partial charge in [0.15, 0.2) is 5.75 Å². The molecular formula is C82H64Br6ClF16N5O26S. The third-order valence-corrected chi connectivity index (χ3v) is 19.4. The number of ether oxygens (including phenoxy) is 9. The summed E-state index contributed by atoms with van der Waals surface area (Å²) in [5, 5.41) is 62.5. The van der Waals surface area contributed by atoms with E-state index in [0.29, 0.717) is 43.8 Å². The minimum absolute atomic E-state index is 0.0522. The van der Waals surface area contributed by atoms with E-state index in [2.05, 4.69) is 148 Å². The van der Waals surface area contributed by atoms with Crippen molar-refractivity contribution in [1.29, 1.82) is 0 Å². The molecule has 0 radical (unpaired) electrons. The lowest BCUT2D eigenvalue weighted by atomic mass is 10.1. The van der Waals surface area contributed by atoms with Crippen LogP contribution >= 0.6 is 107 Å². The number of aliphatic hydroxyl groups is 1. The Bertz CT molecular complexity index is 5970. The SMILES string of the molecule is BrCc1ccccc1.CO.COC(=O)C(F)(F)S(=O)(=O)F.COC(=O)Cl.COC(=O)Oc1cc([N+](=O)[O-])c(F)cc1Br.COC(=O)Oc1ccc(F)cc1Br.Nc1cc(OCc2ccccc2)c(C(F)(F)F)cc1F.O=[N+]([O-])c1cc(O)c(Br)cc1F.O=[N+]([O-])c1cc(OCc2ccccc2)c(Br)cc1F.O=[N+]([O-])c1cc(OCc2ccccc2)c(C(F)(F)F)cc1F.Oc1ccc(F)cc1Br. The highest BCUT2D eigenvalue weighted by Gasteiger charge is 2.55. The predicted molar refractivity (Wildman–Crippen MR) is 479 cm³/mol. The lowest BCUT2D eigenvalue weighted by molar-refractivity contribution is -0.387. The number of esters is 1. The first-order valence-electron chi connectivity index (χ1n) is 35.6. The van der Waals surface area contributed by atoms with E-state index in [9.17, 15) is 138 Å². The number of nitrogens with zero attached hydrogens (tertiary/aromatic N) is 4. The van der Waals surface area contributed by atoms with E-state index in [4.69, 9.17) is 35.3 Å². The molecule has 0 unspecified atom stereocenters. The highest BCUT2D eigenvalue weighted by atomic mass is 79.9. The molecule has 11 rings (SSSR count). The summed E-state index contributed by atoms with van der Waals surface area (Å²) in [5.74, 6) is -10.1. The number of methoxy groups -OCH3 is 4. The van der Waals surface area contributed by atoms with Gasteiger partial charge in [-0.1, -0.05) is 141 Å². The molecule has 0 bridgehead atoms. The fourth-order valence-electron chi connectivity index (χ4n) is 8.40. The van der Waals surface area contributed by atoms with E-state index in [1.807, 2.05) is 48.5 Å². The number of aliphatic hydroxyl groups excluding tert-OH is 1. The highest BCUT2D eigenvalue weighted by Crippen LogP contribution is 2.42. The maximum Gasteiger partial charge on any atom is 0.513 e. The summed E-state index contributed by atoms with van der Waals surface area (Å²) in [5.41, 5.74) is 1.85. The number of hydrogen-bond donors (Lipinski definition) is 4. The maximum atomic E-state index is 13.4. The number of aromatic hydroxyl groups is 2. The number of hydrogen-bond acceptors (Lipinski definition) is 27. The van der Waals surface area contributed by atoms with Crippen LogP contribution in [0.3, 0.4) is 0 Å². The Morgan fingerprint density at radius 1 is 0.394 bits per heavy atom. The Balaban J connectivity index is 0.000000775. The van der Waals surface area contributed by atoms with Gasteiger partial charge in [-0.25, -0.2) is 32.3 Å². The van der Waals surface area contributed by atoms with E-state index in [0.717, 1.165) is 67.6 Å². The van der Waals surface area contributed by atoms with Crippen molar-refractivity contribution in [2.24, 2.45) is 0 Å². The average molecular weight is 2390 g/mol. The van der Waals surface area contributed by atoms with E-state index < -0.39 is 152 Å². The molecule has 137 heavy (non-hydrogen) atoms. The topological polar surface area (TPSA) is 445 Å². The van der Waals surface area contributed by atoms with Gasteiger partial charge in [-0.15, -0.1) is 0 Å². The molecule has 0 aliphatic carbocycles. The van der Waals surface area contributed by atoms with Crippen LogP contribution in [0.25, 0.3) is 0 Å². The molecule has 11 aromatic carbocycles. The number of alkyl halides is 9. The van der Waals surface area contributed by atoms with Crippen LogP contribution in [-0.4, -0.2) is 108 Å². The molecule has 31 nitrogen and oxygen atoms in total. The van der Waals surface area contributed by atoms with Crippen LogP contribution in [-0.2, 0) is 71.5 Å². The third kappa shape index (κ3) is 44.7. The van der Waals surface area contributed by atoms with Crippen molar-refractivity contribution in [2.45, 2.75) is 42.8 Å². The molecule has 55 heteroatoms. The van der Waals surface area contributed by atoms with E-state index in [-0.39, 0.29) is 75.1 Å². The van der Waals surface area contributed by atoms with Crippen LogP contribution < -0.4 is 29.4 Å².